The Morgan fingerprint density at radius 3 is 2.39 bits per heavy atom. The number of benzene rings is 2. The Labute approximate surface area is 129 Å². The summed E-state index contributed by atoms with van der Waals surface area (Å²) < 4.78 is 80.7. The van der Waals surface area contributed by atoms with Gasteiger partial charge in [-0.1, -0.05) is 18.2 Å². The number of alkyl halides is 3. The third-order valence-electron chi connectivity index (χ3n) is 2.63. The second kappa shape index (κ2) is 6.45. The van der Waals surface area contributed by atoms with Crippen LogP contribution in [0.1, 0.15) is 0 Å². The molecule has 2 rings (SSSR count). The van der Waals surface area contributed by atoms with E-state index in [0.717, 1.165) is 18.2 Å². The maximum atomic E-state index is 13.1. The minimum Gasteiger partial charge on any atom is -0.482 e. The molecule has 0 aromatic heterocycles. The van der Waals surface area contributed by atoms with Gasteiger partial charge in [-0.05, 0) is 30.3 Å². The van der Waals surface area contributed by atoms with Gasteiger partial charge < -0.3 is 4.74 Å². The number of halogens is 4. The molecule has 0 saturated heterocycles. The average molecular weight is 349 g/mol. The van der Waals surface area contributed by atoms with E-state index in [9.17, 15) is 26.0 Å². The van der Waals surface area contributed by atoms with Gasteiger partial charge in [-0.2, -0.15) is 13.2 Å². The SMILES string of the molecule is O=S(=O)(Nc1ccccc1OCC(F)(F)F)c1cccc(F)c1. The number of sulfonamides is 1. The van der Waals surface area contributed by atoms with Crippen molar-refractivity contribution in [3.63, 3.8) is 0 Å². The zero-order chi connectivity index (χ0) is 17.1. The molecule has 23 heavy (non-hydrogen) atoms. The van der Waals surface area contributed by atoms with Gasteiger partial charge in [-0.15, -0.1) is 0 Å². The van der Waals surface area contributed by atoms with Crippen molar-refractivity contribution in [2.24, 2.45) is 0 Å². The number of ether oxygens (including phenoxy) is 1. The fourth-order valence-electron chi connectivity index (χ4n) is 1.67. The number of hydrogen-bond donors (Lipinski definition) is 1. The maximum Gasteiger partial charge on any atom is 0.422 e. The van der Waals surface area contributed by atoms with E-state index in [1.54, 1.807) is 0 Å². The van der Waals surface area contributed by atoms with Crippen LogP contribution in [0.25, 0.3) is 0 Å². The van der Waals surface area contributed by atoms with Gasteiger partial charge in [-0.25, -0.2) is 12.8 Å². The monoisotopic (exact) mass is 349 g/mol. The van der Waals surface area contributed by atoms with E-state index in [1.807, 2.05) is 0 Å². The number of anilines is 1. The van der Waals surface area contributed by atoms with E-state index in [-0.39, 0.29) is 16.3 Å². The van der Waals surface area contributed by atoms with E-state index in [0.29, 0.717) is 0 Å². The van der Waals surface area contributed by atoms with Gasteiger partial charge >= 0.3 is 6.18 Å². The molecule has 0 unspecified atom stereocenters. The smallest absolute Gasteiger partial charge is 0.422 e. The first-order valence-corrected chi connectivity index (χ1v) is 7.73. The largest absolute Gasteiger partial charge is 0.482 e. The third kappa shape index (κ3) is 4.85. The molecular formula is C14H11F4NO3S. The fraction of sp³-hybridized carbons (Fsp3) is 0.143. The topological polar surface area (TPSA) is 55.4 Å². The highest BCUT2D eigenvalue weighted by Gasteiger charge is 2.29. The molecule has 0 atom stereocenters. The van der Waals surface area contributed by atoms with Gasteiger partial charge in [0.05, 0.1) is 10.6 Å². The number of para-hydroxylation sites is 2. The zero-order valence-corrected chi connectivity index (χ0v) is 12.3. The van der Waals surface area contributed by atoms with E-state index in [4.69, 9.17) is 0 Å². The van der Waals surface area contributed by atoms with Crippen LogP contribution in [0, 0.1) is 5.82 Å². The van der Waals surface area contributed by atoms with Crippen LogP contribution in [-0.4, -0.2) is 21.2 Å². The van der Waals surface area contributed by atoms with Crippen LogP contribution in [0.5, 0.6) is 5.75 Å². The Balaban J connectivity index is 2.26. The van der Waals surface area contributed by atoms with E-state index >= 15 is 0 Å². The van der Waals surface area contributed by atoms with Crippen molar-refractivity contribution in [3.8, 4) is 5.75 Å². The molecule has 0 amide bonds. The first-order chi connectivity index (χ1) is 10.7. The number of rotatable bonds is 5. The van der Waals surface area contributed by atoms with Crippen LogP contribution in [-0.2, 0) is 10.0 Å². The lowest BCUT2D eigenvalue weighted by atomic mass is 10.3. The van der Waals surface area contributed by atoms with Crippen LogP contribution < -0.4 is 9.46 Å². The van der Waals surface area contributed by atoms with Crippen molar-refractivity contribution in [1.29, 1.82) is 0 Å². The lowest BCUT2D eigenvalue weighted by molar-refractivity contribution is -0.153. The third-order valence-corrected chi connectivity index (χ3v) is 3.99. The number of hydrogen-bond acceptors (Lipinski definition) is 3. The normalized spacial score (nSPS) is 12.0. The van der Waals surface area contributed by atoms with Crippen molar-refractivity contribution in [3.05, 3.63) is 54.3 Å². The Morgan fingerprint density at radius 2 is 1.74 bits per heavy atom. The molecule has 124 valence electrons. The molecule has 0 saturated carbocycles. The summed E-state index contributed by atoms with van der Waals surface area (Å²) in [6, 6.07) is 9.47. The summed E-state index contributed by atoms with van der Waals surface area (Å²) in [5, 5.41) is 0. The Morgan fingerprint density at radius 1 is 1.04 bits per heavy atom. The Hall–Kier alpha value is -2.29. The van der Waals surface area contributed by atoms with Crippen molar-refractivity contribution in [2.75, 3.05) is 11.3 Å². The van der Waals surface area contributed by atoms with Crippen LogP contribution in [0.3, 0.4) is 0 Å². The summed E-state index contributed by atoms with van der Waals surface area (Å²) in [5.41, 5.74) is -0.180. The van der Waals surface area contributed by atoms with Gasteiger partial charge in [0, 0.05) is 0 Å². The van der Waals surface area contributed by atoms with Crippen molar-refractivity contribution in [2.45, 2.75) is 11.1 Å². The molecule has 0 radical (unpaired) electrons. The molecule has 2 aromatic rings. The minimum absolute atomic E-state index is 0.180. The Kier molecular flexibility index (Phi) is 4.79. The van der Waals surface area contributed by atoms with Gasteiger partial charge in [0.2, 0.25) is 0 Å². The van der Waals surface area contributed by atoms with E-state index < -0.39 is 28.6 Å². The summed E-state index contributed by atoms with van der Waals surface area (Å²) >= 11 is 0. The van der Waals surface area contributed by atoms with E-state index in [1.165, 1.54) is 30.3 Å². The summed E-state index contributed by atoms with van der Waals surface area (Å²) in [6.45, 7) is -1.56. The molecule has 0 fully saturated rings. The molecule has 0 bridgehead atoms. The molecule has 4 nitrogen and oxygen atoms in total. The standard InChI is InChI=1S/C14H11F4NO3S/c15-10-4-3-5-11(8-10)23(20,21)19-12-6-1-2-7-13(12)22-9-14(16,17)18/h1-8,19H,9H2. The van der Waals surface area contributed by atoms with Crippen molar-refractivity contribution in [1.82, 2.24) is 0 Å². The predicted molar refractivity (Wildman–Crippen MR) is 75.2 cm³/mol. The van der Waals surface area contributed by atoms with Crippen LogP contribution in [0.2, 0.25) is 0 Å². The second-order valence-electron chi connectivity index (χ2n) is 4.46. The molecule has 0 spiro atoms. The molecule has 0 aliphatic rings. The summed E-state index contributed by atoms with van der Waals surface area (Å²) in [7, 11) is -4.16. The average Bonchev–Trinajstić information content (AvgIpc) is 2.45. The van der Waals surface area contributed by atoms with Gasteiger partial charge in [-0.3, -0.25) is 4.72 Å². The highest BCUT2D eigenvalue weighted by molar-refractivity contribution is 7.92. The molecule has 2 aromatic carbocycles. The highest BCUT2D eigenvalue weighted by Crippen LogP contribution is 2.28. The Bertz CT molecular complexity index is 791. The molecule has 1 N–H and O–H groups in total. The van der Waals surface area contributed by atoms with Crippen LogP contribution in [0.4, 0.5) is 23.2 Å². The molecule has 0 aliphatic carbocycles. The van der Waals surface area contributed by atoms with Gasteiger partial charge in [0.15, 0.2) is 6.61 Å². The lowest BCUT2D eigenvalue weighted by Crippen LogP contribution is -2.20. The molecular weight excluding hydrogens is 338 g/mol. The minimum atomic E-state index is -4.56. The quantitative estimate of drug-likeness (QED) is 0.840. The van der Waals surface area contributed by atoms with Gasteiger partial charge in [0.25, 0.3) is 10.0 Å². The fourth-order valence-corrected chi connectivity index (χ4v) is 2.78. The molecule has 0 heterocycles. The van der Waals surface area contributed by atoms with Crippen molar-refractivity contribution >= 4 is 15.7 Å². The predicted octanol–water partition coefficient (Wildman–Crippen LogP) is 3.57. The summed E-state index contributed by atoms with van der Waals surface area (Å²) in [6.07, 6.45) is -4.56. The van der Waals surface area contributed by atoms with E-state index in [2.05, 4.69) is 9.46 Å². The first-order valence-electron chi connectivity index (χ1n) is 6.24. The maximum absolute atomic E-state index is 13.1. The molecule has 0 aliphatic heterocycles. The van der Waals surface area contributed by atoms with Crippen LogP contribution >= 0.6 is 0 Å². The lowest BCUT2D eigenvalue weighted by Gasteiger charge is -2.14. The molecule has 9 heteroatoms. The first kappa shape index (κ1) is 17.1. The highest BCUT2D eigenvalue weighted by atomic mass is 32.2. The second-order valence-corrected chi connectivity index (χ2v) is 6.15. The zero-order valence-electron chi connectivity index (χ0n) is 11.5. The van der Waals surface area contributed by atoms with Crippen molar-refractivity contribution < 1.29 is 30.7 Å². The van der Waals surface area contributed by atoms with Gasteiger partial charge in [0.1, 0.15) is 11.6 Å². The summed E-state index contributed by atoms with van der Waals surface area (Å²) in [5.74, 6) is -1.04. The number of nitrogens with one attached hydrogen (secondary N) is 1. The summed E-state index contributed by atoms with van der Waals surface area (Å²) in [4.78, 5) is -0.358. The van der Waals surface area contributed by atoms with Crippen LogP contribution in [0.15, 0.2) is 53.4 Å².